The van der Waals surface area contributed by atoms with Gasteiger partial charge in [-0.1, -0.05) is 69.2 Å². The van der Waals surface area contributed by atoms with E-state index < -0.39 is 0 Å². The van der Waals surface area contributed by atoms with E-state index >= 15 is 0 Å². The van der Waals surface area contributed by atoms with Crippen molar-refractivity contribution in [3.05, 3.63) is 14.9 Å². The van der Waals surface area contributed by atoms with E-state index in [-0.39, 0.29) is 41.1 Å². The molecule has 0 saturated heterocycles. The van der Waals surface area contributed by atoms with E-state index in [0.717, 1.165) is 59.2 Å². The molecule has 2 saturated carbocycles. The van der Waals surface area contributed by atoms with Crippen LogP contribution in [0.2, 0.25) is 0 Å². The van der Waals surface area contributed by atoms with Gasteiger partial charge in [0.25, 0.3) is 0 Å². The summed E-state index contributed by atoms with van der Waals surface area (Å²) in [6.07, 6.45) is 0. The van der Waals surface area contributed by atoms with Gasteiger partial charge in [-0.25, -0.2) is 0 Å². The molecule has 0 aliphatic heterocycles. The normalized spacial score (nSPS) is 48.3. The van der Waals surface area contributed by atoms with E-state index in [9.17, 15) is 0 Å². The largest absolute Gasteiger partial charge is 4.00 e. The van der Waals surface area contributed by atoms with Crippen molar-refractivity contribution in [3.63, 3.8) is 0 Å². The van der Waals surface area contributed by atoms with Crippen molar-refractivity contribution in [1.29, 1.82) is 0 Å². The van der Waals surface area contributed by atoms with Crippen LogP contribution in [0.1, 0.15) is 69.2 Å². The third kappa shape index (κ3) is 5.97. The second-order valence-corrected chi connectivity index (χ2v) is 8.59. The summed E-state index contributed by atoms with van der Waals surface area (Å²) in [4.78, 5) is 0. The summed E-state index contributed by atoms with van der Waals surface area (Å²) in [5, 5.41) is 0. The Morgan fingerprint density at radius 3 is 0.348 bits per heavy atom. The Kier molecular flexibility index (Phi) is 14.3. The van der Waals surface area contributed by atoms with Gasteiger partial charge in [0.15, 0.2) is 0 Å². The van der Waals surface area contributed by atoms with E-state index in [4.69, 9.17) is 0 Å². The first-order valence-corrected chi connectivity index (χ1v) is 9.11. The minimum atomic E-state index is 0. The topological polar surface area (TPSA) is 0 Å². The predicted octanol–water partition coefficient (Wildman–Crippen LogP) is 7.26. The van der Waals surface area contributed by atoms with Crippen molar-refractivity contribution in [1.82, 2.24) is 0 Å². The van der Waals surface area contributed by atoms with Crippen molar-refractivity contribution in [2.75, 3.05) is 0 Å². The van der Waals surface area contributed by atoms with E-state index in [1.165, 1.54) is 0 Å². The molecule has 2 fully saturated rings. The molecule has 2 rings (SSSR count). The molecule has 0 amide bonds. The Morgan fingerprint density at radius 2 is 0.304 bits per heavy atom. The van der Waals surface area contributed by atoms with Crippen LogP contribution in [0, 0.1) is 74.0 Å². The average molecular weight is 402 g/mol. The van der Waals surface area contributed by atoms with Gasteiger partial charge in [-0.05, 0) is 59.2 Å². The van der Waals surface area contributed by atoms with Crippen LogP contribution in [0.4, 0.5) is 0 Å². The number of hydrogen-bond donors (Lipinski definition) is 0. The van der Waals surface area contributed by atoms with Gasteiger partial charge in [0.1, 0.15) is 0 Å². The van der Waals surface area contributed by atoms with E-state index in [1.54, 1.807) is 0 Å². The van der Waals surface area contributed by atoms with Crippen LogP contribution in [0.15, 0.2) is 0 Å². The van der Waals surface area contributed by atoms with Crippen molar-refractivity contribution < 1.29 is 26.2 Å². The van der Waals surface area contributed by atoms with Crippen LogP contribution in [0.25, 0.3) is 0 Å². The molecule has 0 N–H and O–H groups in total. The Morgan fingerprint density at radius 1 is 0.261 bits per heavy atom. The maximum absolute atomic E-state index is 2.40. The molecule has 0 spiro atoms. The van der Waals surface area contributed by atoms with Crippen molar-refractivity contribution in [2.45, 2.75) is 69.2 Å². The van der Waals surface area contributed by atoms with Gasteiger partial charge in [-0.2, -0.15) is 0 Å². The average Bonchev–Trinajstić information content (AvgIpc) is 2.71. The third-order valence-corrected chi connectivity index (χ3v) is 8.29. The standard InChI is InChI=1S/2C10H20.2CH3.Zr/c2*1-6-7(2)9(4)10(5)8(6)3;;;/h2*6-10H,1-5H3;2*1H3;/q;;2*-1;+4. The smallest absolute Gasteiger partial charge is 0.358 e. The van der Waals surface area contributed by atoms with Crippen molar-refractivity contribution in [3.8, 4) is 0 Å². The first-order chi connectivity index (χ1) is 9.11. The molecule has 0 aromatic rings. The second kappa shape index (κ2) is 11.5. The molecular formula is C22H46Zr+2. The quantitative estimate of drug-likeness (QED) is 0.375. The molecule has 2 aliphatic rings. The minimum Gasteiger partial charge on any atom is -0.358 e. The Balaban J connectivity index is -0.000000308. The fourth-order valence-electron chi connectivity index (χ4n) is 4.79. The van der Waals surface area contributed by atoms with Crippen LogP contribution in [0.3, 0.4) is 0 Å². The molecule has 0 nitrogen and oxygen atoms in total. The van der Waals surface area contributed by atoms with E-state index in [0.29, 0.717) is 0 Å². The predicted molar refractivity (Wildman–Crippen MR) is 104 cm³/mol. The molecule has 1 heteroatoms. The maximum Gasteiger partial charge on any atom is 4.00 e. The zero-order chi connectivity index (χ0) is 15.8. The molecule has 0 bridgehead atoms. The summed E-state index contributed by atoms with van der Waals surface area (Å²) in [6.45, 7) is 24.0. The number of rotatable bonds is 0. The fraction of sp³-hybridized carbons (Fsp3) is 0.909. The van der Waals surface area contributed by atoms with Crippen LogP contribution in [-0.2, 0) is 26.2 Å². The first-order valence-electron chi connectivity index (χ1n) is 9.11. The second-order valence-electron chi connectivity index (χ2n) is 8.59. The molecule has 136 valence electrons. The van der Waals surface area contributed by atoms with Gasteiger partial charge in [0.05, 0.1) is 0 Å². The summed E-state index contributed by atoms with van der Waals surface area (Å²) in [5.74, 6) is 9.35. The fourth-order valence-corrected chi connectivity index (χ4v) is 4.79. The number of hydrogen-bond acceptors (Lipinski definition) is 0. The van der Waals surface area contributed by atoms with Crippen LogP contribution in [0.5, 0.6) is 0 Å². The summed E-state index contributed by atoms with van der Waals surface area (Å²) in [6, 6.07) is 0. The van der Waals surface area contributed by atoms with Gasteiger partial charge >= 0.3 is 26.2 Å². The van der Waals surface area contributed by atoms with Crippen molar-refractivity contribution >= 4 is 0 Å². The monoisotopic (exact) mass is 400 g/mol. The molecule has 0 aromatic heterocycles. The first kappa shape index (κ1) is 28.7. The molecular weight excluding hydrogens is 355 g/mol. The summed E-state index contributed by atoms with van der Waals surface area (Å²) in [7, 11) is 0. The van der Waals surface area contributed by atoms with Gasteiger partial charge < -0.3 is 14.9 Å². The minimum absolute atomic E-state index is 0. The zero-order valence-electron chi connectivity index (χ0n) is 18.3. The maximum atomic E-state index is 2.40. The summed E-state index contributed by atoms with van der Waals surface area (Å²) < 4.78 is 0. The van der Waals surface area contributed by atoms with Gasteiger partial charge in [0, 0.05) is 0 Å². The molecule has 0 radical (unpaired) electrons. The Hall–Kier alpha value is 0.883. The van der Waals surface area contributed by atoms with E-state index in [2.05, 4.69) is 69.2 Å². The molecule has 0 atom stereocenters. The van der Waals surface area contributed by atoms with Crippen molar-refractivity contribution in [2.24, 2.45) is 59.2 Å². The van der Waals surface area contributed by atoms with Crippen LogP contribution in [-0.4, -0.2) is 0 Å². The summed E-state index contributed by atoms with van der Waals surface area (Å²) in [5.41, 5.74) is 0. The SMILES string of the molecule is CC1C(C)C(C)C(C)C1C.CC1C(C)C(C)C(C)C1C.[CH3-].[CH3-].[Zr+4]. The van der Waals surface area contributed by atoms with Gasteiger partial charge in [-0.15, -0.1) is 0 Å². The summed E-state index contributed by atoms with van der Waals surface area (Å²) >= 11 is 0. The Bertz CT molecular complexity index is 181. The van der Waals surface area contributed by atoms with Gasteiger partial charge in [0.2, 0.25) is 0 Å². The molecule has 2 aliphatic carbocycles. The van der Waals surface area contributed by atoms with E-state index in [1.807, 2.05) is 0 Å². The zero-order valence-corrected chi connectivity index (χ0v) is 20.7. The van der Waals surface area contributed by atoms with Crippen LogP contribution < -0.4 is 0 Å². The third-order valence-electron chi connectivity index (χ3n) is 8.29. The van der Waals surface area contributed by atoms with Crippen LogP contribution >= 0.6 is 0 Å². The van der Waals surface area contributed by atoms with Gasteiger partial charge in [-0.3, -0.25) is 0 Å². The molecule has 0 heterocycles. The Labute approximate surface area is 169 Å². The molecule has 0 aromatic carbocycles. The molecule has 23 heavy (non-hydrogen) atoms. The molecule has 0 unspecified atom stereocenters.